The van der Waals surface area contributed by atoms with Gasteiger partial charge in [-0.15, -0.1) is 0 Å². The van der Waals surface area contributed by atoms with E-state index in [1.807, 2.05) is 0 Å². The van der Waals surface area contributed by atoms with Gasteiger partial charge in [0.15, 0.2) is 20.7 Å². The second kappa shape index (κ2) is 7.86. The van der Waals surface area contributed by atoms with Gasteiger partial charge < -0.3 is 4.42 Å². The molecule has 1 N–H and O–H groups in total. The first-order valence-corrected chi connectivity index (χ1v) is 13.5. The Kier molecular flexibility index (Phi) is 5.50. The number of benzene rings is 2. The van der Waals surface area contributed by atoms with Crippen LogP contribution in [0, 0.1) is 0 Å². The summed E-state index contributed by atoms with van der Waals surface area (Å²) in [6.07, 6.45) is 1.11. The van der Waals surface area contributed by atoms with Crippen LogP contribution < -0.4 is 5.32 Å². The molecule has 0 fully saturated rings. The van der Waals surface area contributed by atoms with E-state index in [1.54, 1.807) is 18.2 Å². The molecule has 0 unspecified atom stereocenters. The van der Waals surface area contributed by atoms with Crippen LogP contribution in [0.3, 0.4) is 0 Å². The van der Waals surface area contributed by atoms with Crippen LogP contribution in [0.2, 0.25) is 0 Å². The Morgan fingerprint density at radius 2 is 1.68 bits per heavy atom. The zero-order valence-electron chi connectivity index (χ0n) is 15.7. The summed E-state index contributed by atoms with van der Waals surface area (Å²) < 4.78 is 55.3. The van der Waals surface area contributed by atoms with Gasteiger partial charge >= 0.3 is 0 Å². The van der Waals surface area contributed by atoms with Crippen molar-refractivity contribution in [3.05, 3.63) is 64.8 Å². The van der Waals surface area contributed by atoms with Crippen LogP contribution in [0.15, 0.2) is 78.4 Å². The summed E-state index contributed by atoms with van der Waals surface area (Å²) in [6, 6.07) is 13.0. The average Bonchev–Trinajstić information content (AvgIpc) is 3.34. The number of carbonyl (C=O) groups is 1. The molecular formula is C19H13BrN2O6S3. The Balaban J connectivity index is 1.57. The topological polar surface area (TPSA) is 123 Å². The van der Waals surface area contributed by atoms with E-state index in [4.69, 9.17) is 4.42 Å². The minimum absolute atomic E-state index is 0.0323. The van der Waals surface area contributed by atoms with Gasteiger partial charge in [-0.1, -0.05) is 27.3 Å². The number of sulfone groups is 2. The number of nitrogens with zero attached hydrogens (tertiary/aromatic N) is 1. The largest absolute Gasteiger partial charge is 0.439 e. The van der Waals surface area contributed by atoms with Crippen molar-refractivity contribution in [1.29, 1.82) is 0 Å². The number of halogens is 1. The maximum absolute atomic E-state index is 12.7. The van der Waals surface area contributed by atoms with Crippen LogP contribution >= 0.6 is 27.3 Å². The first-order chi connectivity index (χ1) is 14.5. The molecule has 4 aromatic rings. The second-order valence-electron chi connectivity index (χ2n) is 6.45. The standard InChI is InChI=1S/C19H13BrN2O6S3/c1-30(24,25)13-6-7-14-16(10-13)29-19(21-14)22-18(23)15-8-9-17(28-15)31(26,27)12-4-2-11(20)3-5-12/h2-10H,1H3,(H,21,22,23). The van der Waals surface area contributed by atoms with Crippen molar-refractivity contribution < 1.29 is 26.0 Å². The maximum Gasteiger partial charge on any atom is 0.293 e. The first kappa shape index (κ1) is 21.7. The van der Waals surface area contributed by atoms with Crippen LogP contribution in [-0.2, 0) is 19.7 Å². The molecular weight excluding hydrogens is 528 g/mol. The number of hydrogen-bond donors (Lipinski definition) is 1. The monoisotopic (exact) mass is 540 g/mol. The SMILES string of the molecule is CS(=O)(=O)c1ccc2nc(NC(=O)c3ccc(S(=O)(=O)c4ccc(Br)cc4)o3)sc2c1. The van der Waals surface area contributed by atoms with Crippen LogP contribution in [0.1, 0.15) is 10.6 Å². The highest BCUT2D eigenvalue weighted by atomic mass is 79.9. The van der Waals surface area contributed by atoms with Crippen molar-refractivity contribution in [3.8, 4) is 0 Å². The van der Waals surface area contributed by atoms with Gasteiger partial charge in [0.05, 0.1) is 20.0 Å². The summed E-state index contributed by atoms with van der Waals surface area (Å²) in [5.74, 6) is -0.883. The highest BCUT2D eigenvalue weighted by molar-refractivity contribution is 9.10. The van der Waals surface area contributed by atoms with Crippen molar-refractivity contribution in [2.75, 3.05) is 11.6 Å². The van der Waals surface area contributed by atoms with Gasteiger partial charge in [0.2, 0.25) is 14.9 Å². The lowest BCUT2D eigenvalue weighted by molar-refractivity contribution is 0.0991. The molecule has 0 radical (unpaired) electrons. The Morgan fingerprint density at radius 3 is 2.35 bits per heavy atom. The molecule has 0 spiro atoms. The molecule has 8 nitrogen and oxygen atoms in total. The fraction of sp³-hybridized carbons (Fsp3) is 0.0526. The summed E-state index contributed by atoms with van der Waals surface area (Å²) in [4.78, 5) is 16.9. The van der Waals surface area contributed by atoms with Crippen molar-refractivity contribution in [2.45, 2.75) is 14.9 Å². The molecule has 160 valence electrons. The van der Waals surface area contributed by atoms with Gasteiger partial charge in [0.25, 0.3) is 5.91 Å². The molecule has 0 aliphatic heterocycles. The fourth-order valence-electron chi connectivity index (χ4n) is 2.66. The lowest BCUT2D eigenvalue weighted by atomic mass is 10.3. The normalized spacial score (nSPS) is 12.2. The lowest BCUT2D eigenvalue weighted by Crippen LogP contribution is -2.10. The van der Waals surface area contributed by atoms with E-state index in [0.717, 1.165) is 22.1 Å². The molecule has 31 heavy (non-hydrogen) atoms. The minimum atomic E-state index is -3.92. The van der Waals surface area contributed by atoms with Gasteiger partial charge in [-0.05, 0) is 54.6 Å². The third-order valence-electron chi connectivity index (χ3n) is 4.20. The quantitative estimate of drug-likeness (QED) is 0.403. The molecule has 0 saturated heterocycles. The lowest BCUT2D eigenvalue weighted by Gasteiger charge is -2.01. The van der Waals surface area contributed by atoms with E-state index in [2.05, 4.69) is 26.2 Å². The number of carbonyl (C=O) groups excluding carboxylic acids is 1. The van der Waals surface area contributed by atoms with Crippen LogP contribution in [0.5, 0.6) is 0 Å². The number of amides is 1. The van der Waals surface area contributed by atoms with Gasteiger partial charge in [-0.2, -0.15) is 0 Å². The molecule has 0 aliphatic carbocycles. The number of thiazole rings is 1. The number of rotatable bonds is 5. The van der Waals surface area contributed by atoms with Crippen LogP contribution in [-0.4, -0.2) is 34.0 Å². The van der Waals surface area contributed by atoms with E-state index >= 15 is 0 Å². The van der Waals surface area contributed by atoms with Crippen molar-refractivity contribution in [1.82, 2.24) is 4.98 Å². The highest BCUT2D eigenvalue weighted by Gasteiger charge is 2.24. The highest BCUT2D eigenvalue weighted by Crippen LogP contribution is 2.29. The smallest absolute Gasteiger partial charge is 0.293 e. The van der Waals surface area contributed by atoms with Gasteiger partial charge in [-0.3, -0.25) is 10.1 Å². The average molecular weight is 541 g/mol. The van der Waals surface area contributed by atoms with Crippen molar-refractivity contribution in [3.63, 3.8) is 0 Å². The molecule has 4 rings (SSSR count). The third kappa shape index (κ3) is 4.42. The van der Waals surface area contributed by atoms with Gasteiger partial charge in [0, 0.05) is 10.7 Å². The Morgan fingerprint density at radius 1 is 1.00 bits per heavy atom. The molecule has 2 aromatic heterocycles. The summed E-state index contributed by atoms with van der Waals surface area (Å²) >= 11 is 4.33. The first-order valence-electron chi connectivity index (χ1n) is 8.56. The molecule has 12 heteroatoms. The van der Waals surface area contributed by atoms with Gasteiger partial charge in [-0.25, -0.2) is 21.8 Å². The van der Waals surface area contributed by atoms with Crippen LogP contribution in [0.25, 0.3) is 10.2 Å². The summed E-state index contributed by atoms with van der Waals surface area (Å²) in [5.41, 5.74) is 0.519. The Hall–Kier alpha value is -2.54. The number of fused-ring (bicyclic) bond motifs is 1. The van der Waals surface area contributed by atoms with Crippen LogP contribution in [0.4, 0.5) is 5.13 Å². The number of hydrogen-bond acceptors (Lipinski definition) is 8. The summed E-state index contributed by atoms with van der Waals surface area (Å²) in [7, 11) is -7.29. The molecule has 0 atom stereocenters. The predicted molar refractivity (Wildman–Crippen MR) is 119 cm³/mol. The summed E-state index contributed by atoms with van der Waals surface area (Å²) in [6.45, 7) is 0. The second-order valence-corrected chi connectivity index (χ2v) is 12.3. The maximum atomic E-state index is 12.7. The summed E-state index contributed by atoms with van der Waals surface area (Å²) in [5, 5.41) is 2.40. The molecule has 0 bridgehead atoms. The zero-order valence-corrected chi connectivity index (χ0v) is 19.7. The molecule has 2 aromatic carbocycles. The molecule has 0 saturated carbocycles. The molecule has 1 amide bonds. The number of anilines is 1. The number of aromatic nitrogens is 1. The van der Waals surface area contributed by atoms with E-state index in [9.17, 15) is 21.6 Å². The predicted octanol–water partition coefficient (Wildman–Crippen LogP) is 4.14. The third-order valence-corrected chi connectivity index (χ3v) is 8.42. The van der Waals surface area contributed by atoms with E-state index in [0.29, 0.717) is 10.2 Å². The van der Waals surface area contributed by atoms with E-state index < -0.39 is 25.6 Å². The Labute approximate surface area is 189 Å². The van der Waals surface area contributed by atoms with Crippen molar-refractivity contribution in [2.24, 2.45) is 0 Å². The minimum Gasteiger partial charge on any atom is -0.439 e. The zero-order chi connectivity index (χ0) is 22.4. The van der Waals surface area contributed by atoms with E-state index in [1.165, 1.54) is 36.4 Å². The number of nitrogens with one attached hydrogen (secondary N) is 1. The van der Waals surface area contributed by atoms with E-state index in [-0.39, 0.29) is 25.8 Å². The Bertz CT molecular complexity index is 1520. The molecule has 0 aliphatic rings. The van der Waals surface area contributed by atoms with Crippen molar-refractivity contribution >= 4 is 68.2 Å². The van der Waals surface area contributed by atoms with Gasteiger partial charge in [0.1, 0.15) is 0 Å². The fourth-order valence-corrected chi connectivity index (χ4v) is 5.72. The number of furan rings is 1. The molecule has 2 heterocycles.